The fraction of sp³-hybridized carbons (Fsp3) is 0.333. The summed E-state index contributed by atoms with van der Waals surface area (Å²) in [7, 11) is 2.14. The number of nitrogens with two attached hydrogens (primary N) is 1. The summed E-state index contributed by atoms with van der Waals surface area (Å²) in [6, 6.07) is 12.6. The lowest BCUT2D eigenvalue weighted by Gasteiger charge is -2.17. The Morgan fingerprint density at radius 3 is 2.50 bits per heavy atom. The summed E-state index contributed by atoms with van der Waals surface area (Å²) in [5.74, 6) is 1.16. The molecule has 0 amide bonds. The number of benzene rings is 2. The Balaban J connectivity index is 2.19. The fourth-order valence-electron chi connectivity index (χ4n) is 2.06. The molecule has 0 radical (unpaired) electrons. The smallest absolute Gasteiger partial charge is 0.0366 e. The number of nitrogens with zero attached hydrogens (tertiary/aromatic N) is 1. The molecule has 0 aromatic heterocycles. The van der Waals surface area contributed by atoms with Crippen LogP contribution in [0.5, 0.6) is 0 Å². The number of thioether (sulfide) groups is 1. The van der Waals surface area contributed by atoms with Crippen molar-refractivity contribution in [3.8, 4) is 0 Å². The van der Waals surface area contributed by atoms with Crippen LogP contribution in [0.2, 0.25) is 0 Å². The zero-order chi connectivity index (χ0) is 13.0. The molecule has 0 aliphatic rings. The van der Waals surface area contributed by atoms with Crippen molar-refractivity contribution >= 4 is 28.2 Å². The maximum Gasteiger partial charge on any atom is 0.0366 e. The Hall–Kier alpha value is -1.19. The van der Waals surface area contributed by atoms with Crippen LogP contribution in [0.1, 0.15) is 5.56 Å². The third-order valence-corrected chi connectivity index (χ3v) is 3.72. The van der Waals surface area contributed by atoms with E-state index < -0.39 is 0 Å². The zero-order valence-corrected chi connectivity index (χ0v) is 11.8. The van der Waals surface area contributed by atoms with Gasteiger partial charge in [0.25, 0.3) is 0 Å². The van der Waals surface area contributed by atoms with Crippen molar-refractivity contribution in [1.29, 1.82) is 0 Å². The molecule has 0 bridgehead atoms. The number of hydrogen-bond donors (Lipinski definition) is 1. The van der Waals surface area contributed by atoms with Gasteiger partial charge < -0.3 is 10.6 Å². The lowest BCUT2D eigenvalue weighted by molar-refractivity contribution is 0.349. The normalized spacial score (nSPS) is 11.3. The van der Waals surface area contributed by atoms with E-state index in [2.05, 4.69) is 48.5 Å². The summed E-state index contributed by atoms with van der Waals surface area (Å²) >= 11 is 1.87. The van der Waals surface area contributed by atoms with Gasteiger partial charge in [0, 0.05) is 24.5 Å². The van der Waals surface area contributed by atoms with Gasteiger partial charge in [0.2, 0.25) is 0 Å². The van der Waals surface area contributed by atoms with E-state index >= 15 is 0 Å². The van der Waals surface area contributed by atoms with Gasteiger partial charge in [0.05, 0.1) is 0 Å². The third-order valence-electron chi connectivity index (χ3n) is 3.12. The minimum atomic E-state index is 0.893. The van der Waals surface area contributed by atoms with E-state index in [0.29, 0.717) is 0 Å². The van der Waals surface area contributed by atoms with Crippen LogP contribution >= 0.6 is 11.8 Å². The molecule has 0 atom stereocenters. The van der Waals surface area contributed by atoms with Gasteiger partial charge in [-0.15, -0.1) is 0 Å². The summed E-state index contributed by atoms with van der Waals surface area (Å²) in [5, 5.41) is 2.48. The molecule has 0 unspecified atom stereocenters. The second-order valence-corrected chi connectivity index (χ2v) is 5.61. The molecule has 2 rings (SSSR count). The Bertz CT molecular complexity index is 525. The first-order valence-corrected chi connectivity index (χ1v) is 7.54. The van der Waals surface area contributed by atoms with Crippen LogP contribution in [-0.4, -0.2) is 30.5 Å². The molecule has 0 fully saturated rings. The van der Waals surface area contributed by atoms with E-state index in [1.54, 1.807) is 0 Å². The Labute approximate surface area is 113 Å². The second-order valence-electron chi connectivity index (χ2n) is 4.63. The Morgan fingerprint density at radius 1 is 1.17 bits per heavy atom. The average Bonchev–Trinajstić information content (AvgIpc) is 2.37. The lowest BCUT2D eigenvalue weighted by atomic mass is 10.0. The summed E-state index contributed by atoms with van der Waals surface area (Å²) in [6.45, 7) is 2.00. The summed E-state index contributed by atoms with van der Waals surface area (Å²) in [5.41, 5.74) is 8.24. The van der Waals surface area contributed by atoms with Crippen molar-refractivity contribution in [3.63, 3.8) is 0 Å². The molecule has 2 aromatic rings. The minimum Gasteiger partial charge on any atom is -0.398 e. The highest BCUT2D eigenvalue weighted by Crippen LogP contribution is 2.22. The van der Waals surface area contributed by atoms with Crippen molar-refractivity contribution in [1.82, 2.24) is 4.90 Å². The van der Waals surface area contributed by atoms with E-state index in [1.807, 2.05) is 17.8 Å². The van der Waals surface area contributed by atoms with Gasteiger partial charge in [-0.25, -0.2) is 0 Å². The number of rotatable bonds is 5. The van der Waals surface area contributed by atoms with Crippen molar-refractivity contribution in [2.75, 3.05) is 31.3 Å². The van der Waals surface area contributed by atoms with Gasteiger partial charge in [-0.1, -0.05) is 24.3 Å². The molecule has 3 heteroatoms. The molecule has 96 valence electrons. The predicted molar refractivity (Wildman–Crippen MR) is 83.1 cm³/mol. The molecule has 2 nitrogen and oxygen atoms in total. The van der Waals surface area contributed by atoms with Crippen LogP contribution in [0.15, 0.2) is 36.4 Å². The van der Waals surface area contributed by atoms with Crippen LogP contribution in [-0.2, 0) is 6.54 Å². The van der Waals surface area contributed by atoms with Gasteiger partial charge in [-0.3, -0.25) is 0 Å². The highest BCUT2D eigenvalue weighted by molar-refractivity contribution is 7.98. The number of anilines is 1. The van der Waals surface area contributed by atoms with Gasteiger partial charge in [0.15, 0.2) is 0 Å². The molecule has 0 heterocycles. The van der Waals surface area contributed by atoms with E-state index in [9.17, 15) is 0 Å². The molecular formula is C15H20N2S. The van der Waals surface area contributed by atoms with E-state index in [-0.39, 0.29) is 0 Å². The van der Waals surface area contributed by atoms with Crippen LogP contribution in [0.4, 0.5) is 5.69 Å². The molecule has 18 heavy (non-hydrogen) atoms. The molecule has 0 aliphatic heterocycles. The highest BCUT2D eigenvalue weighted by Gasteiger charge is 2.05. The van der Waals surface area contributed by atoms with Crippen molar-refractivity contribution in [3.05, 3.63) is 42.0 Å². The van der Waals surface area contributed by atoms with Crippen molar-refractivity contribution in [2.24, 2.45) is 0 Å². The lowest BCUT2D eigenvalue weighted by Crippen LogP contribution is -2.21. The zero-order valence-electron chi connectivity index (χ0n) is 11.0. The second kappa shape index (κ2) is 6.12. The monoisotopic (exact) mass is 260 g/mol. The molecule has 0 aliphatic carbocycles. The summed E-state index contributed by atoms with van der Waals surface area (Å²) in [4.78, 5) is 2.32. The molecule has 0 saturated carbocycles. The Kier molecular flexibility index (Phi) is 4.50. The maximum absolute atomic E-state index is 6.13. The predicted octanol–water partition coefficient (Wildman–Crippen LogP) is 3.22. The van der Waals surface area contributed by atoms with Crippen molar-refractivity contribution in [2.45, 2.75) is 6.54 Å². The molecule has 0 spiro atoms. The number of hydrogen-bond acceptors (Lipinski definition) is 3. The molecule has 2 aromatic carbocycles. The summed E-state index contributed by atoms with van der Waals surface area (Å²) < 4.78 is 0. The van der Waals surface area contributed by atoms with Crippen LogP contribution < -0.4 is 5.73 Å². The highest BCUT2D eigenvalue weighted by atomic mass is 32.2. The molecular weight excluding hydrogens is 240 g/mol. The van der Waals surface area contributed by atoms with Gasteiger partial charge in [-0.2, -0.15) is 11.8 Å². The van der Waals surface area contributed by atoms with E-state index in [1.165, 1.54) is 16.3 Å². The SMILES string of the molecule is CSCCN(C)Cc1cc2ccccc2cc1N. The van der Waals surface area contributed by atoms with Crippen LogP contribution in [0, 0.1) is 0 Å². The topological polar surface area (TPSA) is 29.3 Å². The first kappa shape index (κ1) is 13.2. The maximum atomic E-state index is 6.13. The molecule has 2 N–H and O–H groups in total. The van der Waals surface area contributed by atoms with Gasteiger partial charge >= 0.3 is 0 Å². The summed E-state index contributed by atoms with van der Waals surface area (Å²) in [6.07, 6.45) is 2.14. The van der Waals surface area contributed by atoms with Gasteiger partial charge in [-0.05, 0) is 41.8 Å². The first-order chi connectivity index (χ1) is 8.70. The number of fused-ring (bicyclic) bond motifs is 1. The first-order valence-electron chi connectivity index (χ1n) is 6.15. The van der Waals surface area contributed by atoms with Gasteiger partial charge in [0.1, 0.15) is 0 Å². The standard InChI is InChI=1S/C15H20N2S/c1-17(7-8-18-2)11-14-9-12-5-3-4-6-13(12)10-15(14)16/h3-6,9-10H,7-8,11,16H2,1-2H3. The average molecular weight is 260 g/mol. The quantitative estimate of drug-likeness (QED) is 0.837. The fourth-order valence-corrected chi connectivity index (χ4v) is 2.55. The minimum absolute atomic E-state index is 0.893. The van der Waals surface area contributed by atoms with E-state index in [4.69, 9.17) is 5.73 Å². The van der Waals surface area contributed by atoms with Crippen molar-refractivity contribution < 1.29 is 0 Å². The van der Waals surface area contributed by atoms with Crippen LogP contribution in [0.25, 0.3) is 10.8 Å². The van der Waals surface area contributed by atoms with Crippen LogP contribution in [0.3, 0.4) is 0 Å². The molecule has 0 saturated heterocycles. The largest absolute Gasteiger partial charge is 0.398 e. The number of nitrogen functional groups attached to an aromatic ring is 1. The third kappa shape index (κ3) is 3.18. The Morgan fingerprint density at radius 2 is 1.83 bits per heavy atom. The van der Waals surface area contributed by atoms with E-state index in [0.717, 1.165) is 24.5 Å².